The molecule has 1 aromatic carbocycles. The minimum Gasteiger partial charge on any atom is -0.375 e. The summed E-state index contributed by atoms with van der Waals surface area (Å²) < 4.78 is 0. The van der Waals surface area contributed by atoms with Crippen LogP contribution >= 0.6 is 11.6 Å². The number of nitrogens with zero attached hydrogens (tertiary/aromatic N) is 1. The van der Waals surface area contributed by atoms with Crippen molar-refractivity contribution in [3.8, 4) is 0 Å². The summed E-state index contributed by atoms with van der Waals surface area (Å²) in [4.78, 5) is 11.8. The van der Waals surface area contributed by atoms with E-state index in [0.29, 0.717) is 10.9 Å². The van der Waals surface area contributed by atoms with E-state index in [0.717, 1.165) is 24.2 Å². The average Bonchev–Trinajstić information content (AvgIpc) is 2.91. The van der Waals surface area contributed by atoms with Crippen molar-refractivity contribution >= 4 is 28.9 Å². The van der Waals surface area contributed by atoms with Gasteiger partial charge in [0.25, 0.3) is 5.91 Å². The Hall–Kier alpha value is -1.55. The number of benzene rings is 1. The Balaban J connectivity index is 1.81. The largest absolute Gasteiger partial charge is 0.375 e. The summed E-state index contributed by atoms with van der Waals surface area (Å²) in [6, 6.07) is 7.35. The summed E-state index contributed by atoms with van der Waals surface area (Å²) in [7, 11) is 0. The second-order valence-corrected chi connectivity index (χ2v) is 5.38. The smallest absolute Gasteiger partial charge is 0.259 e. The third kappa shape index (κ3) is 3.97. The molecular formula is C15H20ClN3O. The molecule has 1 aromatic rings. The average molecular weight is 294 g/mol. The van der Waals surface area contributed by atoms with Gasteiger partial charge in [-0.3, -0.25) is 4.79 Å². The van der Waals surface area contributed by atoms with Gasteiger partial charge in [-0.1, -0.05) is 30.7 Å². The number of hydrogen-bond acceptors (Lipinski definition) is 3. The first-order valence-electron chi connectivity index (χ1n) is 7.04. The lowest BCUT2D eigenvalue weighted by Gasteiger charge is -2.09. The van der Waals surface area contributed by atoms with Gasteiger partial charge < -0.3 is 5.32 Å². The van der Waals surface area contributed by atoms with Gasteiger partial charge in [-0.25, -0.2) is 5.43 Å². The van der Waals surface area contributed by atoms with Gasteiger partial charge in [-0.05, 0) is 43.7 Å². The lowest BCUT2D eigenvalue weighted by molar-refractivity contribution is -0.119. The third-order valence-electron chi connectivity index (χ3n) is 3.59. The molecule has 108 valence electrons. The Bertz CT molecular complexity index is 502. The zero-order chi connectivity index (χ0) is 14.4. The molecular weight excluding hydrogens is 274 g/mol. The molecule has 1 fully saturated rings. The molecule has 0 radical (unpaired) electrons. The van der Waals surface area contributed by atoms with E-state index in [9.17, 15) is 4.79 Å². The van der Waals surface area contributed by atoms with Crippen molar-refractivity contribution < 1.29 is 4.79 Å². The van der Waals surface area contributed by atoms with E-state index in [4.69, 9.17) is 11.6 Å². The van der Waals surface area contributed by atoms with Crippen LogP contribution in [0, 0.1) is 5.92 Å². The maximum atomic E-state index is 11.8. The van der Waals surface area contributed by atoms with Crippen LogP contribution in [0.25, 0.3) is 0 Å². The highest BCUT2D eigenvalue weighted by Crippen LogP contribution is 2.24. The molecule has 0 spiro atoms. The molecule has 1 aliphatic carbocycles. The van der Waals surface area contributed by atoms with Gasteiger partial charge >= 0.3 is 0 Å². The highest BCUT2D eigenvalue weighted by molar-refractivity contribution is 6.33. The number of amides is 1. The van der Waals surface area contributed by atoms with Crippen molar-refractivity contribution in [3.63, 3.8) is 0 Å². The van der Waals surface area contributed by atoms with Crippen LogP contribution in [0.1, 0.15) is 32.6 Å². The molecule has 1 amide bonds. The van der Waals surface area contributed by atoms with Crippen molar-refractivity contribution in [2.45, 2.75) is 32.6 Å². The molecule has 0 saturated heterocycles. The maximum absolute atomic E-state index is 11.8. The Kier molecular flexibility index (Phi) is 5.41. The van der Waals surface area contributed by atoms with Crippen molar-refractivity contribution in [1.82, 2.24) is 5.43 Å². The molecule has 20 heavy (non-hydrogen) atoms. The Morgan fingerprint density at radius 3 is 3.00 bits per heavy atom. The summed E-state index contributed by atoms with van der Waals surface area (Å²) in [5.41, 5.74) is 4.50. The normalized spacial score (nSPS) is 20.1. The SMILES string of the molecule is CC[C@@H]1CCCC1=NNC(=O)CNc1ccccc1Cl. The van der Waals surface area contributed by atoms with Crippen LogP contribution in [-0.4, -0.2) is 18.2 Å². The van der Waals surface area contributed by atoms with Crippen LogP contribution in [-0.2, 0) is 4.79 Å². The summed E-state index contributed by atoms with van der Waals surface area (Å²) in [6.07, 6.45) is 4.44. The minimum absolute atomic E-state index is 0.154. The van der Waals surface area contributed by atoms with Crippen LogP contribution in [0.2, 0.25) is 5.02 Å². The minimum atomic E-state index is -0.154. The first kappa shape index (κ1) is 14.9. The molecule has 0 aliphatic heterocycles. The van der Waals surface area contributed by atoms with Gasteiger partial charge in [0, 0.05) is 5.71 Å². The molecule has 2 rings (SSSR count). The standard InChI is InChI=1S/C15H20ClN3O/c1-2-11-6-5-9-13(11)18-19-15(20)10-17-14-8-4-3-7-12(14)16/h3-4,7-8,11,17H,2,5-6,9-10H2,1H3,(H,19,20)/t11-/m1/s1. The van der Waals surface area contributed by atoms with E-state index in [2.05, 4.69) is 22.8 Å². The molecule has 1 saturated carbocycles. The zero-order valence-electron chi connectivity index (χ0n) is 11.7. The lowest BCUT2D eigenvalue weighted by Crippen LogP contribution is -2.27. The van der Waals surface area contributed by atoms with Gasteiger partial charge in [-0.15, -0.1) is 0 Å². The summed E-state index contributed by atoms with van der Waals surface area (Å²) >= 11 is 6.00. The number of nitrogens with one attached hydrogen (secondary N) is 2. The molecule has 2 N–H and O–H groups in total. The monoisotopic (exact) mass is 293 g/mol. The number of para-hydroxylation sites is 1. The predicted molar refractivity (Wildman–Crippen MR) is 83.2 cm³/mol. The second kappa shape index (κ2) is 7.29. The van der Waals surface area contributed by atoms with E-state index >= 15 is 0 Å². The number of carbonyl (C=O) groups is 1. The van der Waals surface area contributed by atoms with E-state index in [1.165, 1.54) is 12.8 Å². The van der Waals surface area contributed by atoms with Gasteiger partial charge in [0.1, 0.15) is 0 Å². The van der Waals surface area contributed by atoms with Gasteiger partial charge in [-0.2, -0.15) is 5.10 Å². The van der Waals surface area contributed by atoms with Crippen LogP contribution in [0.5, 0.6) is 0 Å². The maximum Gasteiger partial charge on any atom is 0.259 e. The van der Waals surface area contributed by atoms with Crippen LogP contribution in [0.4, 0.5) is 5.69 Å². The van der Waals surface area contributed by atoms with Crippen LogP contribution < -0.4 is 10.7 Å². The number of anilines is 1. The molecule has 5 heteroatoms. The van der Waals surface area contributed by atoms with Crippen molar-refractivity contribution in [1.29, 1.82) is 0 Å². The van der Waals surface area contributed by atoms with E-state index in [-0.39, 0.29) is 12.5 Å². The molecule has 4 nitrogen and oxygen atoms in total. The van der Waals surface area contributed by atoms with Crippen LogP contribution in [0.3, 0.4) is 0 Å². The van der Waals surface area contributed by atoms with Crippen molar-refractivity contribution in [3.05, 3.63) is 29.3 Å². The van der Waals surface area contributed by atoms with Crippen molar-refractivity contribution in [2.24, 2.45) is 11.0 Å². The molecule has 0 aromatic heterocycles. The fourth-order valence-electron chi connectivity index (χ4n) is 2.44. The number of halogens is 1. The fraction of sp³-hybridized carbons (Fsp3) is 0.467. The summed E-state index contributed by atoms with van der Waals surface area (Å²) in [5.74, 6) is 0.381. The quantitative estimate of drug-likeness (QED) is 0.817. The van der Waals surface area contributed by atoms with Gasteiger partial charge in [0.15, 0.2) is 0 Å². The lowest BCUT2D eigenvalue weighted by atomic mass is 10.0. The topological polar surface area (TPSA) is 53.5 Å². The summed E-state index contributed by atoms with van der Waals surface area (Å²) in [6.45, 7) is 2.32. The Morgan fingerprint density at radius 2 is 2.25 bits per heavy atom. The van der Waals surface area contributed by atoms with Crippen molar-refractivity contribution in [2.75, 3.05) is 11.9 Å². The molecule has 0 heterocycles. The highest BCUT2D eigenvalue weighted by Gasteiger charge is 2.20. The third-order valence-corrected chi connectivity index (χ3v) is 3.92. The number of carbonyl (C=O) groups excluding carboxylic acids is 1. The second-order valence-electron chi connectivity index (χ2n) is 4.97. The van der Waals surface area contributed by atoms with Crippen LogP contribution in [0.15, 0.2) is 29.4 Å². The molecule has 1 aliphatic rings. The highest BCUT2D eigenvalue weighted by atomic mass is 35.5. The van der Waals surface area contributed by atoms with E-state index < -0.39 is 0 Å². The Morgan fingerprint density at radius 1 is 1.45 bits per heavy atom. The first-order chi connectivity index (χ1) is 9.70. The van der Waals surface area contributed by atoms with E-state index in [1.54, 1.807) is 6.07 Å². The molecule has 1 atom stereocenters. The number of hydrazone groups is 1. The van der Waals surface area contributed by atoms with Gasteiger partial charge in [0.2, 0.25) is 0 Å². The predicted octanol–water partition coefficient (Wildman–Crippen LogP) is 3.43. The fourth-order valence-corrected chi connectivity index (χ4v) is 2.64. The van der Waals surface area contributed by atoms with E-state index in [1.807, 2.05) is 18.2 Å². The van der Waals surface area contributed by atoms with Gasteiger partial charge in [0.05, 0.1) is 17.3 Å². The molecule has 0 unspecified atom stereocenters. The number of rotatable bonds is 5. The molecule has 0 bridgehead atoms. The Labute approximate surface area is 124 Å². The first-order valence-corrected chi connectivity index (χ1v) is 7.42. The summed E-state index contributed by atoms with van der Waals surface area (Å²) in [5, 5.41) is 7.86. The number of hydrogen-bond donors (Lipinski definition) is 2. The zero-order valence-corrected chi connectivity index (χ0v) is 12.4.